The molecule has 7 heteroatoms. The van der Waals surface area contributed by atoms with E-state index in [-0.39, 0.29) is 23.8 Å². The number of thioether (sulfide) groups is 1. The summed E-state index contributed by atoms with van der Waals surface area (Å²) < 4.78 is 28.2. The van der Waals surface area contributed by atoms with Gasteiger partial charge in [0.05, 0.1) is 17.8 Å². The van der Waals surface area contributed by atoms with Gasteiger partial charge in [-0.05, 0) is 42.8 Å². The SMILES string of the molecule is Cc1ccc2c(c1)C1(SCCN1C(=O)c1ccccc1F)C(=O)N2Cc1cccc(F)c1. The fourth-order valence-electron chi connectivity index (χ4n) is 4.48. The topological polar surface area (TPSA) is 40.6 Å². The summed E-state index contributed by atoms with van der Waals surface area (Å²) in [5.41, 5.74) is 2.95. The Morgan fingerprint density at radius 3 is 2.66 bits per heavy atom. The van der Waals surface area contributed by atoms with Crippen LogP contribution in [0.25, 0.3) is 0 Å². The Kier molecular flexibility index (Phi) is 5.01. The lowest BCUT2D eigenvalue weighted by Gasteiger charge is -2.33. The van der Waals surface area contributed by atoms with Crippen LogP contribution in [0, 0.1) is 18.6 Å². The Labute approximate surface area is 188 Å². The van der Waals surface area contributed by atoms with E-state index in [2.05, 4.69) is 0 Å². The maximum Gasteiger partial charge on any atom is 0.268 e. The molecule has 1 spiro atoms. The van der Waals surface area contributed by atoms with Gasteiger partial charge < -0.3 is 9.80 Å². The number of halogens is 2. The number of fused-ring (bicyclic) bond motifs is 2. The van der Waals surface area contributed by atoms with Crippen LogP contribution in [0.4, 0.5) is 14.5 Å². The third kappa shape index (κ3) is 3.11. The zero-order valence-corrected chi connectivity index (χ0v) is 18.2. The molecule has 1 fully saturated rings. The standard InChI is InChI=1S/C25H20F2N2O2S/c1-16-9-10-22-20(13-16)25(24(31)28(22)15-17-5-4-6-18(26)14-17)29(11-12-32-25)23(30)19-7-2-3-8-21(19)27/h2-10,13-14H,11-12,15H2,1H3. The first kappa shape index (κ1) is 20.7. The van der Waals surface area contributed by atoms with Gasteiger partial charge in [0.15, 0.2) is 4.87 Å². The molecule has 0 radical (unpaired) electrons. The van der Waals surface area contributed by atoms with Gasteiger partial charge in [-0.3, -0.25) is 9.59 Å². The summed E-state index contributed by atoms with van der Waals surface area (Å²) in [7, 11) is 0. The number of hydrogen-bond acceptors (Lipinski definition) is 3. The summed E-state index contributed by atoms with van der Waals surface area (Å²) in [6.45, 7) is 2.43. The van der Waals surface area contributed by atoms with E-state index < -0.39 is 16.6 Å². The summed E-state index contributed by atoms with van der Waals surface area (Å²) in [6, 6.07) is 17.6. The minimum atomic E-state index is -1.27. The molecule has 3 aromatic rings. The van der Waals surface area contributed by atoms with Crippen LogP contribution in [0.5, 0.6) is 0 Å². The zero-order chi connectivity index (χ0) is 22.5. The number of hydrogen-bond donors (Lipinski definition) is 0. The Morgan fingerprint density at radius 2 is 1.88 bits per heavy atom. The smallest absolute Gasteiger partial charge is 0.268 e. The van der Waals surface area contributed by atoms with Crippen LogP contribution in [-0.2, 0) is 16.2 Å². The summed E-state index contributed by atoms with van der Waals surface area (Å²) >= 11 is 1.38. The first-order valence-corrected chi connectivity index (χ1v) is 11.3. The lowest BCUT2D eigenvalue weighted by atomic mass is 10.0. The molecule has 0 aromatic heterocycles. The largest absolute Gasteiger partial charge is 0.311 e. The molecule has 32 heavy (non-hydrogen) atoms. The van der Waals surface area contributed by atoms with Crippen LogP contribution in [0.15, 0.2) is 66.7 Å². The number of carbonyl (C=O) groups is 2. The van der Waals surface area contributed by atoms with E-state index in [0.29, 0.717) is 29.1 Å². The van der Waals surface area contributed by atoms with Crippen molar-refractivity contribution in [2.45, 2.75) is 18.3 Å². The number of rotatable bonds is 3. The van der Waals surface area contributed by atoms with Crippen molar-refractivity contribution >= 4 is 29.3 Å². The van der Waals surface area contributed by atoms with Crippen LogP contribution >= 0.6 is 11.8 Å². The van der Waals surface area contributed by atoms with Crippen LogP contribution in [0.1, 0.15) is 27.0 Å². The molecular formula is C25H20F2N2O2S. The Balaban J connectivity index is 1.61. The van der Waals surface area contributed by atoms with Crippen molar-refractivity contribution in [3.05, 3.63) is 101 Å². The Bertz CT molecular complexity index is 1250. The fraction of sp³-hybridized carbons (Fsp3) is 0.200. The van der Waals surface area contributed by atoms with Crippen LogP contribution in [-0.4, -0.2) is 29.0 Å². The molecule has 1 atom stereocenters. The molecule has 1 saturated heterocycles. The molecule has 2 aliphatic rings. The van der Waals surface area contributed by atoms with Crippen molar-refractivity contribution in [2.24, 2.45) is 0 Å². The van der Waals surface area contributed by atoms with E-state index in [1.165, 1.54) is 47.0 Å². The number of carbonyl (C=O) groups excluding carboxylic acids is 2. The van der Waals surface area contributed by atoms with Gasteiger partial charge in [-0.15, -0.1) is 11.8 Å². The minimum absolute atomic E-state index is 0.0556. The molecule has 2 amide bonds. The predicted octanol–water partition coefficient (Wildman–Crippen LogP) is 4.86. The lowest BCUT2D eigenvalue weighted by molar-refractivity contribution is -0.123. The summed E-state index contributed by atoms with van der Waals surface area (Å²) in [6.07, 6.45) is 0. The second-order valence-electron chi connectivity index (χ2n) is 7.97. The monoisotopic (exact) mass is 450 g/mol. The van der Waals surface area contributed by atoms with Crippen molar-refractivity contribution in [2.75, 3.05) is 17.2 Å². The van der Waals surface area contributed by atoms with Gasteiger partial charge in [-0.1, -0.05) is 42.0 Å². The molecule has 0 saturated carbocycles. The summed E-state index contributed by atoms with van der Waals surface area (Å²) in [5.74, 6) is -1.22. The predicted molar refractivity (Wildman–Crippen MR) is 120 cm³/mol. The van der Waals surface area contributed by atoms with Gasteiger partial charge in [-0.2, -0.15) is 0 Å². The molecule has 1 unspecified atom stereocenters. The van der Waals surface area contributed by atoms with Crippen molar-refractivity contribution in [1.82, 2.24) is 4.90 Å². The van der Waals surface area contributed by atoms with E-state index in [4.69, 9.17) is 0 Å². The van der Waals surface area contributed by atoms with Crippen molar-refractivity contribution in [1.29, 1.82) is 0 Å². The maximum absolute atomic E-state index is 14.4. The van der Waals surface area contributed by atoms with Crippen LogP contribution in [0.3, 0.4) is 0 Å². The van der Waals surface area contributed by atoms with Crippen molar-refractivity contribution in [3.63, 3.8) is 0 Å². The number of nitrogens with zero attached hydrogens (tertiary/aromatic N) is 2. The van der Waals surface area contributed by atoms with Gasteiger partial charge in [-0.25, -0.2) is 8.78 Å². The third-order valence-electron chi connectivity index (χ3n) is 5.93. The normalized spacial score (nSPS) is 19.7. The second-order valence-corrected chi connectivity index (χ2v) is 9.26. The summed E-state index contributed by atoms with van der Waals surface area (Å²) in [5, 5.41) is 0. The quantitative estimate of drug-likeness (QED) is 0.572. The average molecular weight is 451 g/mol. The van der Waals surface area contributed by atoms with Gasteiger partial charge >= 0.3 is 0 Å². The van der Waals surface area contributed by atoms with Crippen molar-refractivity contribution in [3.8, 4) is 0 Å². The molecule has 162 valence electrons. The molecule has 0 N–H and O–H groups in total. The highest BCUT2D eigenvalue weighted by Crippen LogP contribution is 2.55. The van der Waals surface area contributed by atoms with Gasteiger partial charge in [0.2, 0.25) is 0 Å². The van der Waals surface area contributed by atoms with Crippen molar-refractivity contribution < 1.29 is 18.4 Å². The first-order valence-electron chi connectivity index (χ1n) is 10.3. The van der Waals surface area contributed by atoms with E-state index in [1.54, 1.807) is 23.1 Å². The molecule has 0 aliphatic carbocycles. The highest BCUT2D eigenvalue weighted by atomic mass is 32.2. The highest BCUT2D eigenvalue weighted by molar-refractivity contribution is 8.01. The lowest BCUT2D eigenvalue weighted by Crippen LogP contribution is -2.50. The zero-order valence-electron chi connectivity index (χ0n) is 17.3. The van der Waals surface area contributed by atoms with E-state index >= 15 is 0 Å². The third-order valence-corrected chi connectivity index (χ3v) is 7.35. The number of amides is 2. The highest BCUT2D eigenvalue weighted by Gasteiger charge is 2.59. The molecule has 4 nitrogen and oxygen atoms in total. The maximum atomic E-state index is 14.4. The molecule has 2 heterocycles. The van der Waals surface area contributed by atoms with Gasteiger partial charge in [0.25, 0.3) is 11.8 Å². The number of anilines is 1. The first-order chi connectivity index (χ1) is 15.4. The van der Waals surface area contributed by atoms with Crippen LogP contribution < -0.4 is 4.90 Å². The number of benzene rings is 3. The second kappa shape index (κ2) is 7.74. The Morgan fingerprint density at radius 1 is 1.06 bits per heavy atom. The molecule has 0 bridgehead atoms. The number of aryl methyl sites for hydroxylation is 1. The van der Waals surface area contributed by atoms with E-state index in [1.807, 2.05) is 25.1 Å². The Hall–Kier alpha value is -3.19. The van der Waals surface area contributed by atoms with Gasteiger partial charge in [0.1, 0.15) is 11.6 Å². The molecule has 5 rings (SSSR count). The molecule has 2 aliphatic heterocycles. The average Bonchev–Trinajstić information content (AvgIpc) is 3.31. The fourth-order valence-corrected chi connectivity index (χ4v) is 5.94. The van der Waals surface area contributed by atoms with E-state index in [0.717, 1.165) is 5.56 Å². The molecule has 3 aromatic carbocycles. The molecular weight excluding hydrogens is 430 g/mol. The van der Waals surface area contributed by atoms with Crippen LogP contribution in [0.2, 0.25) is 0 Å². The minimum Gasteiger partial charge on any atom is -0.311 e. The summed E-state index contributed by atoms with van der Waals surface area (Å²) in [4.78, 5) is 29.2. The van der Waals surface area contributed by atoms with Gasteiger partial charge in [0, 0.05) is 17.9 Å². The van der Waals surface area contributed by atoms with E-state index in [9.17, 15) is 18.4 Å².